The standard InChI is InChI=1S/C35H28S/c1-36(31-25-15-6-16-26-31)34(29-21-11-4-12-22-29)32(27-17-7-2-8-18-27)33(28-19-9-3-10-20-28)35(36)30-23-13-5-14-24-30/h2-26H,1H3. The molecule has 0 unspecified atom stereocenters. The Balaban J connectivity index is 1.82. The number of benzene rings is 5. The summed E-state index contributed by atoms with van der Waals surface area (Å²) in [6, 6.07) is 55.0. The fourth-order valence-electron chi connectivity index (χ4n) is 5.37. The molecule has 0 spiro atoms. The molecule has 36 heavy (non-hydrogen) atoms. The Morgan fingerprint density at radius 1 is 0.333 bits per heavy atom. The van der Waals surface area contributed by atoms with E-state index in [9.17, 15) is 0 Å². The molecule has 6 rings (SSSR count). The number of rotatable bonds is 5. The molecule has 5 aromatic rings. The second kappa shape index (κ2) is 9.53. The summed E-state index contributed by atoms with van der Waals surface area (Å²) >= 11 is 0. The van der Waals surface area contributed by atoms with Crippen molar-refractivity contribution in [3.63, 3.8) is 0 Å². The van der Waals surface area contributed by atoms with Gasteiger partial charge in [0.1, 0.15) is 0 Å². The summed E-state index contributed by atoms with van der Waals surface area (Å²) in [5.41, 5.74) is 7.78. The van der Waals surface area contributed by atoms with E-state index >= 15 is 0 Å². The van der Waals surface area contributed by atoms with Crippen LogP contribution in [0.25, 0.3) is 21.0 Å². The van der Waals surface area contributed by atoms with Crippen molar-refractivity contribution >= 4 is 31.0 Å². The van der Waals surface area contributed by atoms with Gasteiger partial charge in [0.15, 0.2) is 0 Å². The molecule has 0 amide bonds. The predicted molar refractivity (Wildman–Crippen MR) is 158 cm³/mol. The highest BCUT2D eigenvalue weighted by molar-refractivity contribution is 8.48. The number of allylic oxidation sites excluding steroid dienone is 2. The molecular formula is C35H28S. The Bertz CT molecular complexity index is 1430. The second-order valence-corrected chi connectivity index (χ2v) is 12.2. The van der Waals surface area contributed by atoms with Crippen molar-refractivity contribution in [2.45, 2.75) is 4.90 Å². The molecule has 1 heteroatoms. The van der Waals surface area contributed by atoms with Crippen LogP contribution in [0.5, 0.6) is 0 Å². The summed E-state index contributed by atoms with van der Waals surface area (Å²) < 4.78 is 0. The molecule has 0 radical (unpaired) electrons. The van der Waals surface area contributed by atoms with Crippen LogP contribution in [0.4, 0.5) is 0 Å². The van der Waals surface area contributed by atoms with Crippen LogP contribution in [-0.2, 0) is 0 Å². The lowest BCUT2D eigenvalue weighted by molar-refractivity contribution is 1.45. The maximum atomic E-state index is 2.49. The zero-order valence-corrected chi connectivity index (χ0v) is 21.2. The van der Waals surface area contributed by atoms with E-state index in [0.717, 1.165) is 0 Å². The quantitative estimate of drug-likeness (QED) is 0.235. The van der Waals surface area contributed by atoms with Crippen molar-refractivity contribution < 1.29 is 0 Å². The largest absolute Gasteiger partial charge is 0.161 e. The van der Waals surface area contributed by atoms with Gasteiger partial charge in [-0.25, -0.2) is 0 Å². The van der Waals surface area contributed by atoms with Gasteiger partial charge in [0.25, 0.3) is 0 Å². The minimum atomic E-state index is -1.61. The number of hydrogen-bond donors (Lipinski definition) is 0. The van der Waals surface area contributed by atoms with Crippen molar-refractivity contribution in [2.24, 2.45) is 0 Å². The first-order valence-electron chi connectivity index (χ1n) is 12.3. The van der Waals surface area contributed by atoms with E-state index in [-0.39, 0.29) is 0 Å². The molecule has 0 aliphatic carbocycles. The van der Waals surface area contributed by atoms with Crippen molar-refractivity contribution in [1.82, 2.24) is 0 Å². The van der Waals surface area contributed by atoms with Gasteiger partial charge in [-0.1, -0.05) is 140 Å². The van der Waals surface area contributed by atoms with Crippen molar-refractivity contribution in [2.75, 3.05) is 6.26 Å². The molecule has 0 atom stereocenters. The first-order valence-corrected chi connectivity index (χ1v) is 14.4. The Morgan fingerprint density at radius 3 is 0.944 bits per heavy atom. The third-order valence-electron chi connectivity index (χ3n) is 6.93. The first-order chi connectivity index (χ1) is 17.8. The first kappa shape index (κ1) is 22.4. The fraction of sp³-hybridized carbons (Fsp3) is 0.0286. The smallest absolute Gasteiger partial charge is 0.0137 e. The van der Waals surface area contributed by atoms with E-state index in [2.05, 4.69) is 158 Å². The molecule has 0 N–H and O–H groups in total. The Morgan fingerprint density at radius 2 is 0.611 bits per heavy atom. The van der Waals surface area contributed by atoms with E-state index in [1.165, 1.54) is 48.1 Å². The average Bonchev–Trinajstić information content (AvgIpc) is 3.25. The maximum Gasteiger partial charge on any atom is 0.0137 e. The predicted octanol–water partition coefficient (Wildman–Crippen LogP) is 9.63. The van der Waals surface area contributed by atoms with Gasteiger partial charge in [-0.05, 0) is 45.5 Å². The average molecular weight is 481 g/mol. The lowest BCUT2D eigenvalue weighted by Gasteiger charge is -2.39. The van der Waals surface area contributed by atoms with Crippen LogP contribution < -0.4 is 0 Å². The van der Waals surface area contributed by atoms with Crippen LogP contribution in [-0.4, -0.2) is 6.26 Å². The zero-order valence-electron chi connectivity index (χ0n) is 20.3. The van der Waals surface area contributed by atoms with Gasteiger partial charge < -0.3 is 0 Å². The molecule has 0 nitrogen and oxygen atoms in total. The van der Waals surface area contributed by atoms with E-state index in [1.54, 1.807) is 0 Å². The van der Waals surface area contributed by atoms with Gasteiger partial charge in [-0.15, -0.1) is 0 Å². The van der Waals surface area contributed by atoms with Crippen LogP contribution in [0, 0.1) is 0 Å². The molecular weight excluding hydrogens is 452 g/mol. The van der Waals surface area contributed by atoms with Crippen LogP contribution in [0.15, 0.2) is 157 Å². The lowest BCUT2D eigenvalue weighted by Crippen LogP contribution is -2.03. The zero-order chi connectivity index (χ0) is 24.4. The molecule has 0 fully saturated rings. The van der Waals surface area contributed by atoms with E-state index in [1.807, 2.05) is 0 Å². The molecule has 0 saturated heterocycles. The third-order valence-corrected chi connectivity index (χ3v) is 10.7. The molecule has 0 saturated carbocycles. The summed E-state index contributed by atoms with van der Waals surface area (Å²) in [4.78, 5) is 4.23. The minimum absolute atomic E-state index is 1.26. The van der Waals surface area contributed by atoms with Crippen molar-refractivity contribution in [1.29, 1.82) is 0 Å². The van der Waals surface area contributed by atoms with E-state index < -0.39 is 10.0 Å². The second-order valence-electron chi connectivity index (χ2n) is 9.10. The minimum Gasteiger partial charge on any atom is -0.161 e. The van der Waals surface area contributed by atoms with Crippen LogP contribution in [0.1, 0.15) is 22.3 Å². The molecule has 1 aliphatic rings. The van der Waals surface area contributed by atoms with Gasteiger partial charge in [0.2, 0.25) is 0 Å². The topological polar surface area (TPSA) is 0 Å². The molecule has 1 heterocycles. The Kier molecular flexibility index (Phi) is 5.93. The van der Waals surface area contributed by atoms with E-state index in [4.69, 9.17) is 0 Å². The SMILES string of the molecule is CS1(c2ccccc2)C(c2ccccc2)=C(c2ccccc2)C(c2ccccc2)=C1c1ccccc1. The Labute approximate surface area is 215 Å². The Hall–Kier alpha value is -4.07. The molecule has 0 bridgehead atoms. The highest BCUT2D eigenvalue weighted by Gasteiger charge is 2.42. The molecule has 174 valence electrons. The van der Waals surface area contributed by atoms with Gasteiger partial charge in [-0.2, -0.15) is 10.0 Å². The summed E-state index contributed by atoms with van der Waals surface area (Å²) in [7, 11) is -1.61. The lowest BCUT2D eigenvalue weighted by atomic mass is 9.89. The van der Waals surface area contributed by atoms with Crippen molar-refractivity contribution in [3.05, 3.63) is 174 Å². The van der Waals surface area contributed by atoms with Gasteiger partial charge >= 0.3 is 0 Å². The van der Waals surface area contributed by atoms with E-state index in [0.29, 0.717) is 0 Å². The summed E-state index contributed by atoms with van der Waals surface area (Å²) in [6.07, 6.45) is 2.49. The van der Waals surface area contributed by atoms with Crippen LogP contribution in [0.3, 0.4) is 0 Å². The highest BCUT2D eigenvalue weighted by atomic mass is 32.3. The van der Waals surface area contributed by atoms with Gasteiger partial charge in [-0.3, -0.25) is 0 Å². The molecule has 0 aromatic heterocycles. The van der Waals surface area contributed by atoms with Crippen LogP contribution in [0.2, 0.25) is 0 Å². The fourth-order valence-corrected chi connectivity index (χ4v) is 9.21. The van der Waals surface area contributed by atoms with Gasteiger partial charge in [0, 0.05) is 21.0 Å². The monoisotopic (exact) mass is 480 g/mol. The van der Waals surface area contributed by atoms with Crippen molar-refractivity contribution in [3.8, 4) is 0 Å². The summed E-state index contributed by atoms with van der Waals surface area (Å²) in [5, 5.41) is 0. The maximum absolute atomic E-state index is 2.49. The summed E-state index contributed by atoms with van der Waals surface area (Å²) in [6.45, 7) is 0. The summed E-state index contributed by atoms with van der Waals surface area (Å²) in [5.74, 6) is 0. The number of hydrogen-bond acceptors (Lipinski definition) is 0. The molecule has 5 aromatic carbocycles. The highest BCUT2D eigenvalue weighted by Crippen LogP contribution is 2.79. The normalized spacial score (nSPS) is 15.7. The molecule has 1 aliphatic heterocycles. The van der Waals surface area contributed by atoms with Crippen LogP contribution >= 0.6 is 10.0 Å². The third kappa shape index (κ3) is 3.73. The van der Waals surface area contributed by atoms with Gasteiger partial charge in [0.05, 0.1) is 0 Å².